The maximum Gasteiger partial charge on any atom is 0.174 e. The van der Waals surface area contributed by atoms with Crippen molar-refractivity contribution >= 4 is 0 Å². The number of nitrogens with one attached hydrogen (secondary N) is 1. The van der Waals surface area contributed by atoms with E-state index in [2.05, 4.69) is 19.2 Å². The molecule has 0 bridgehead atoms. The van der Waals surface area contributed by atoms with Gasteiger partial charge >= 0.3 is 0 Å². The van der Waals surface area contributed by atoms with E-state index in [4.69, 9.17) is 10.00 Å². The first kappa shape index (κ1) is 14.5. The molecule has 1 rings (SSSR count). The quantitative estimate of drug-likeness (QED) is 0.766. The Labute approximate surface area is 110 Å². The molecule has 98 valence electrons. The zero-order chi connectivity index (χ0) is 13.2. The highest BCUT2D eigenvalue weighted by atomic mass is 16.5. The van der Waals surface area contributed by atoms with Crippen LogP contribution in [0.4, 0.5) is 0 Å². The number of hydrogen-bond donors (Lipinski definition) is 1. The van der Waals surface area contributed by atoms with Crippen LogP contribution in [0, 0.1) is 17.2 Å². The molecule has 1 aromatic rings. The zero-order valence-corrected chi connectivity index (χ0v) is 11.3. The monoisotopic (exact) mass is 246 g/mol. The van der Waals surface area contributed by atoms with E-state index in [1.54, 1.807) is 0 Å². The molecule has 0 aliphatic rings. The summed E-state index contributed by atoms with van der Waals surface area (Å²) in [5, 5.41) is 12.0. The maximum absolute atomic E-state index is 8.54. The Bertz CT molecular complexity index is 380. The number of ether oxygens (including phenoxy) is 1. The first-order valence-electron chi connectivity index (χ1n) is 6.60. The molecule has 0 unspecified atom stereocenters. The van der Waals surface area contributed by atoms with Crippen LogP contribution in [0.15, 0.2) is 24.3 Å². The Kier molecular flexibility index (Phi) is 6.90. The third kappa shape index (κ3) is 4.77. The minimum atomic E-state index is 0.101. The Hall–Kier alpha value is -1.53. The highest BCUT2D eigenvalue weighted by Crippen LogP contribution is 2.17. The van der Waals surface area contributed by atoms with Crippen molar-refractivity contribution in [1.29, 1.82) is 5.26 Å². The molecular weight excluding hydrogens is 224 g/mol. The maximum atomic E-state index is 8.54. The third-order valence-electron chi connectivity index (χ3n) is 3.17. The van der Waals surface area contributed by atoms with Crippen LogP contribution in [0.2, 0.25) is 0 Å². The average Bonchev–Trinajstić information content (AvgIpc) is 2.42. The highest BCUT2D eigenvalue weighted by Gasteiger charge is 2.05. The Morgan fingerprint density at radius 2 is 2.00 bits per heavy atom. The molecule has 1 N–H and O–H groups in total. The van der Waals surface area contributed by atoms with E-state index >= 15 is 0 Å². The minimum absolute atomic E-state index is 0.101. The summed E-state index contributed by atoms with van der Waals surface area (Å²) in [4.78, 5) is 0. The predicted octanol–water partition coefficient (Wildman–Crippen LogP) is 3.11. The molecule has 0 heterocycles. The molecule has 0 aliphatic heterocycles. The summed E-state index contributed by atoms with van der Waals surface area (Å²) in [6.45, 7) is 6.36. The number of rotatable bonds is 8. The van der Waals surface area contributed by atoms with Gasteiger partial charge < -0.3 is 10.1 Å². The van der Waals surface area contributed by atoms with Gasteiger partial charge in [0.1, 0.15) is 11.8 Å². The number of benzene rings is 1. The molecule has 0 saturated carbocycles. The van der Waals surface area contributed by atoms with Crippen molar-refractivity contribution in [3.8, 4) is 11.8 Å². The van der Waals surface area contributed by atoms with Crippen LogP contribution >= 0.6 is 0 Å². The Morgan fingerprint density at radius 3 is 2.67 bits per heavy atom. The fourth-order valence-corrected chi connectivity index (χ4v) is 1.89. The lowest BCUT2D eigenvalue weighted by Crippen LogP contribution is -2.22. The van der Waals surface area contributed by atoms with Gasteiger partial charge in [-0.05, 0) is 18.5 Å². The third-order valence-corrected chi connectivity index (χ3v) is 3.17. The molecular formula is C15H22N2O. The molecule has 0 aliphatic carbocycles. The van der Waals surface area contributed by atoms with Crippen molar-refractivity contribution in [1.82, 2.24) is 5.32 Å². The van der Waals surface area contributed by atoms with Crippen molar-refractivity contribution in [2.24, 2.45) is 5.92 Å². The summed E-state index contributed by atoms with van der Waals surface area (Å²) in [6, 6.07) is 9.86. The Morgan fingerprint density at radius 1 is 1.28 bits per heavy atom. The predicted molar refractivity (Wildman–Crippen MR) is 73.3 cm³/mol. The summed E-state index contributed by atoms with van der Waals surface area (Å²) < 4.78 is 5.40. The number of para-hydroxylation sites is 1. The fourth-order valence-electron chi connectivity index (χ4n) is 1.89. The van der Waals surface area contributed by atoms with E-state index in [9.17, 15) is 0 Å². The van der Waals surface area contributed by atoms with Gasteiger partial charge in [-0.1, -0.05) is 44.9 Å². The molecule has 0 saturated heterocycles. The van der Waals surface area contributed by atoms with Crippen molar-refractivity contribution < 1.29 is 4.74 Å². The molecule has 0 amide bonds. The second-order valence-electron chi connectivity index (χ2n) is 4.37. The zero-order valence-electron chi connectivity index (χ0n) is 11.3. The Balaban J connectivity index is 2.48. The molecule has 0 radical (unpaired) electrons. The average molecular weight is 246 g/mol. The number of hydrogen-bond acceptors (Lipinski definition) is 3. The van der Waals surface area contributed by atoms with Gasteiger partial charge in [-0.3, -0.25) is 0 Å². The first-order valence-corrected chi connectivity index (χ1v) is 6.60. The van der Waals surface area contributed by atoms with Crippen LogP contribution in [-0.2, 0) is 6.54 Å². The lowest BCUT2D eigenvalue weighted by atomic mass is 10.0. The lowest BCUT2D eigenvalue weighted by molar-refractivity contribution is 0.361. The number of nitriles is 1. The molecule has 3 nitrogen and oxygen atoms in total. The largest absolute Gasteiger partial charge is 0.478 e. The van der Waals surface area contributed by atoms with Crippen molar-refractivity contribution in [2.45, 2.75) is 33.2 Å². The molecule has 0 aromatic heterocycles. The standard InChI is InChI=1S/C15H22N2O/c1-3-13(4-2)11-17-12-14-7-5-6-8-15(14)18-10-9-16/h5-8,13,17H,3-4,10-12H2,1-2H3. The van der Waals surface area contributed by atoms with Crippen molar-refractivity contribution in [2.75, 3.05) is 13.2 Å². The molecule has 0 atom stereocenters. The lowest BCUT2D eigenvalue weighted by Gasteiger charge is -2.14. The van der Waals surface area contributed by atoms with E-state index in [0.717, 1.165) is 30.3 Å². The second-order valence-corrected chi connectivity index (χ2v) is 4.37. The number of nitrogens with zero attached hydrogens (tertiary/aromatic N) is 1. The molecule has 18 heavy (non-hydrogen) atoms. The minimum Gasteiger partial charge on any atom is -0.478 e. The fraction of sp³-hybridized carbons (Fsp3) is 0.533. The van der Waals surface area contributed by atoms with Crippen LogP contribution in [-0.4, -0.2) is 13.2 Å². The SMILES string of the molecule is CCC(CC)CNCc1ccccc1OCC#N. The smallest absolute Gasteiger partial charge is 0.174 e. The van der Waals surface area contributed by atoms with Gasteiger partial charge in [0.05, 0.1) is 0 Å². The normalized spacial score (nSPS) is 10.3. The van der Waals surface area contributed by atoms with Crippen LogP contribution < -0.4 is 10.1 Å². The summed E-state index contributed by atoms with van der Waals surface area (Å²) in [6.07, 6.45) is 2.41. The van der Waals surface area contributed by atoms with E-state index in [-0.39, 0.29) is 6.61 Å². The van der Waals surface area contributed by atoms with Gasteiger partial charge in [-0.15, -0.1) is 0 Å². The summed E-state index contributed by atoms with van der Waals surface area (Å²) >= 11 is 0. The van der Waals surface area contributed by atoms with Crippen LogP contribution in [0.5, 0.6) is 5.75 Å². The van der Waals surface area contributed by atoms with Gasteiger partial charge in [0, 0.05) is 12.1 Å². The van der Waals surface area contributed by atoms with Gasteiger partial charge in [0.25, 0.3) is 0 Å². The van der Waals surface area contributed by atoms with Gasteiger partial charge in [0.15, 0.2) is 6.61 Å². The van der Waals surface area contributed by atoms with Crippen LogP contribution in [0.1, 0.15) is 32.3 Å². The molecule has 0 fully saturated rings. The van der Waals surface area contributed by atoms with E-state index in [1.165, 1.54) is 12.8 Å². The van der Waals surface area contributed by atoms with Crippen molar-refractivity contribution in [3.05, 3.63) is 29.8 Å². The van der Waals surface area contributed by atoms with E-state index in [0.29, 0.717) is 0 Å². The second kappa shape index (κ2) is 8.54. The highest BCUT2D eigenvalue weighted by molar-refractivity contribution is 5.33. The molecule has 1 aromatic carbocycles. The summed E-state index contributed by atoms with van der Waals surface area (Å²) in [5.41, 5.74) is 1.11. The summed E-state index contributed by atoms with van der Waals surface area (Å²) in [7, 11) is 0. The van der Waals surface area contributed by atoms with Crippen LogP contribution in [0.3, 0.4) is 0 Å². The molecule has 3 heteroatoms. The van der Waals surface area contributed by atoms with Crippen molar-refractivity contribution in [3.63, 3.8) is 0 Å². The van der Waals surface area contributed by atoms with E-state index in [1.807, 2.05) is 30.3 Å². The van der Waals surface area contributed by atoms with Gasteiger partial charge in [-0.25, -0.2) is 0 Å². The van der Waals surface area contributed by atoms with Crippen LogP contribution in [0.25, 0.3) is 0 Å². The van der Waals surface area contributed by atoms with Gasteiger partial charge in [-0.2, -0.15) is 5.26 Å². The van der Waals surface area contributed by atoms with Gasteiger partial charge in [0.2, 0.25) is 0 Å². The topological polar surface area (TPSA) is 45.0 Å². The van der Waals surface area contributed by atoms with E-state index < -0.39 is 0 Å². The molecule has 0 spiro atoms. The summed E-state index contributed by atoms with van der Waals surface area (Å²) in [5.74, 6) is 1.54. The first-order chi connectivity index (χ1) is 8.81.